The van der Waals surface area contributed by atoms with Crippen molar-refractivity contribution in [3.8, 4) is 0 Å². The lowest BCUT2D eigenvalue weighted by Crippen LogP contribution is -2.26. The Balaban J connectivity index is 2.40. The first-order valence-corrected chi connectivity index (χ1v) is 10.5. The van der Waals surface area contributed by atoms with Gasteiger partial charge in [0.2, 0.25) is 0 Å². The van der Waals surface area contributed by atoms with Crippen LogP contribution in [0.25, 0.3) is 0 Å². The monoisotopic (exact) mass is 664 g/mol. The predicted octanol–water partition coefficient (Wildman–Crippen LogP) is 5.69. The van der Waals surface area contributed by atoms with Crippen LogP contribution in [0.15, 0.2) is 24.3 Å². The van der Waals surface area contributed by atoms with Gasteiger partial charge in [0, 0.05) is 16.2 Å². The molecule has 0 saturated carbocycles. The van der Waals surface area contributed by atoms with Crippen molar-refractivity contribution in [1.29, 1.82) is 0 Å². The van der Waals surface area contributed by atoms with Crippen LogP contribution >= 0.6 is 90.4 Å². The van der Waals surface area contributed by atoms with Crippen LogP contribution in [0.1, 0.15) is 27.4 Å². The van der Waals surface area contributed by atoms with E-state index in [-0.39, 0.29) is 0 Å². The molecule has 0 N–H and O–H groups in total. The SMILES string of the molecule is ICC(I)C1CC(I)C(I)c2ccccc21. The molecule has 0 spiro atoms. The highest BCUT2D eigenvalue weighted by Gasteiger charge is 2.34. The molecule has 1 aliphatic carbocycles. The van der Waals surface area contributed by atoms with Gasteiger partial charge in [0.15, 0.2) is 0 Å². The predicted molar refractivity (Wildman–Crippen MR) is 105 cm³/mol. The second-order valence-corrected chi connectivity index (χ2v) is 9.48. The van der Waals surface area contributed by atoms with E-state index in [4.69, 9.17) is 0 Å². The van der Waals surface area contributed by atoms with Crippen molar-refractivity contribution in [2.75, 3.05) is 4.43 Å². The smallest absolute Gasteiger partial charge is 0.0480 e. The maximum absolute atomic E-state index is 2.63. The molecule has 2 rings (SSSR count). The molecule has 88 valence electrons. The molecule has 0 fully saturated rings. The van der Waals surface area contributed by atoms with Crippen LogP contribution in [0, 0.1) is 0 Å². The topological polar surface area (TPSA) is 0 Å². The average molecular weight is 664 g/mol. The summed E-state index contributed by atoms with van der Waals surface area (Å²) in [5, 5.41) is 0. The summed E-state index contributed by atoms with van der Waals surface area (Å²) in [5.74, 6) is 0.751. The highest BCUT2D eigenvalue weighted by atomic mass is 127. The maximum Gasteiger partial charge on any atom is 0.0480 e. The highest BCUT2D eigenvalue weighted by Crippen LogP contribution is 2.48. The first-order valence-electron chi connectivity index (χ1n) is 5.22. The Morgan fingerprint density at radius 3 is 2.44 bits per heavy atom. The molecule has 0 aliphatic heterocycles. The van der Waals surface area contributed by atoms with Crippen molar-refractivity contribution >= 4 is 90.4 Å². The lowest BCUT2D eigenvalue weighted by atomic mass is 9.81. The summed E-state index contributed by atoms with van der Waals surface area (Å²) in [5.41, 5.74) is 3.18. The Hall–Kier alpha value is 2.14. The van der Waals surface area contributed by atoms with Gasteiger partial charge < -0.3 is 0 Å². The third-order valence-electron chi connectivity index (χ3n) is 3.07. The summed E-state index contributed by atoms with van der Waals surface area (Å²) in [4.78, 5) is 0. The number of halogens is 4. The Kier molecular flexibility index (Phi) is 5.94. The lowest BCUT2D eigenvalue weighted by Gasteiger charge is -2.34. The summed E-state index contributed by atoms with van der Waals surface area (Å²) in [6.07, 6.45) is 1.34. The summed E-state index contributed by atoms with van der Waals surface area (Å²) in [6.45, 7) is 0. The van der Waals surface area contributed by atoms with Gasteiger partial charge in [0.05, 0.1) is 0 Å². The molecule has 4 atom stereocenters. The average Bonchev–Trinajstić information content (AvgIpc) is 2.33. The van der Waals surface area contributed by atoms with E-state index in [0.29, 0.717) is 3.92 Å². The van der Waals surface area contributed by atoms with E-state index in [1.54, 1.807) is 11.1 Å². The Bertz CT molecular complexity index is 366. The maximum atomic E-state index is 2.63. The van der Waals surface area contributed by atoms with Gasteiger partial charge in [-0.25, -0.2) is 0 Å². The summed E-state index contributed by atoms with van der Waals surface area (Å²) in [6, 6.07) is 9.04. The zero-order chi connectivity index (χ0) is 11.7. The number of benzene rings is 1. The minimum absolute atomic E-state index is 0.684. The van der Waals surface area contributed by atoms with Gasteiger partial charge in [0.1, 0.15) is 0 Å². The molecule has 0 aromatic heterocycles. The quantitative estimate of drug-likeness (QED) is 0.282. The van der Waals surface area contributed by atoms with Crippen molar-refractivity contribution < 1.29 is 0 Å². The van der Waals surface area contributed by atoms with Crippen molar-refractivity contribution in [3.05, 3.63) is 35.4 Å². The fraction of sp³-hybridized carbons (Fsp3) is 0.500. The van der Waals surface area contributed by atoms with Crippen molar-refractivity contribution in [2.24, 2.45) is 0 Å². The van der Waals surface area contributed by atoms with E-state index in [0.717, 1.165) is 13.8 Å². The molecule has 0 bridgehead atoms. The van der Waals surface area contributed by atoms with Crippen LogP contribution in [0.4, 0.5) is 0 Å². The first kappa shape index (κ1) is 14.5. The zero-order valence-electron chi connectivity index (χ0n) is 8.54. The van der Waals surface area contributed by atoms with E-state index in [1.807, 2.05) is 0 Å². The van der Waals surface area contributed by atoms with Gasteiger partial charge in [-0.15, -0.1) is 0 Å². The number of alkyl halides is 4. The largest absolute Gasteiger partial charge is 0.0852 e. The number of hydrogen-bond donors (Lipinski definition) is 0. The molecule has 0 nitrogen and oxygen atoms in total. The Labute approximate surface area is 152 Å². The highest BCUT2D eigenvalue weighted by molar-refractivity contribution is 14.1. The number of fused-ring (bicyclic) bond motifs is 1. The summed E-state index contributed by atoms with van der Waals surface area (Å²) < 4.78 is 3.47. The fourth-order valence-electron chi connectivity index (χ4n) is 2.23. The van der Waals surface area contributed by atoms with Crippen LogP contribution in [0.2, 0.25) is 0 Å². The number of rotatable bonds is 2. The molecule has 4 unspecified atom stereocenters. The van der Waals surface area contributed by atoms with Crippen LogP contribution in [-0.4, -0.2) is 12.3 Å². The van der Waals surface area contributed by atoms with Crippen molar-refractivity contribution in [1.82, 2.24) is 0 Å². The lowest BCUT2D eigenvalue weighted by molar-refractivity contribution is 0.588. The molecular formula is C12H12I4. The normalized spacial score (nSPS) is 30.9. The van der Waals surface area contributed by atoms with Gasteiger partial charge in [0.25, 0.3) is 0 Å². The molecule has 0 saturated heterocycles. The third kappa shape index (κ3) is 3.00. The van der Waals surface area contributed by atoms with Crippen molar-refractivity contribution in [3.63, 3.8) is 0 Å². The molecule has 0 radical (unpaired) electrons. The third-order valence-corrected chi connectivity index (χ3v) is 11.2. The van der Waals surface area contributed by atoms with Crippen LogP contribution in [0.5, 0.6) is 0 Å². The van der Waals surface area contributed by atoms with E-state index in [1.165, 1.54) is 10.8 Å². The van der Waals surface area contributed by atoms with Gasteiger partial charge >= 0.3 is 0 Å². The van der Waals surface area contributed by atoms with Gasteiger partial charge in [-0.3, -0.25) is 0 Å². The molecule has 0 amide bonds. The molecule has 1 aliphatic rings. The van der Waals surface area contributed by atoms with E-state index in [2.05, 4.69) is 115 Å². The van der Waals surface area contributed by atoms with Gasteiger partial charge in [-0.2, -0.15) is 0 Å². The Morgan fingerprint density at radius 1 is 1.19 bits per heavy atom. The second-order valence-electron chi connectivity index (χ2n) is 4.06. The van der Waals surface area contributed by atoms with Crippen LogP contribution in [-0.2, 0) is 0 Å². The second kappa shape index (κ2) is 6.53. The standard InChI is InChI=1S/C12H12I4/c13-6-11(15)9-5-10(14)12(16)8-4-2-1-3-7(8)9/h1-4,9-12H,5-6H2. The summed E-state index contributed by atoms with van der Waals surface area (Å²) in [7, 11) is 0. The van der Waals surface area contributed by atoms with Crippen molar-refractivity contribution in [2.45, 2.75) is 24.1 Å². The minimum atomic E-state index is 0.684. The molecule has 1 aromatic carbocycles. The molecule has 4 heteroatoms. The van der Waals surface area contributed by atoms with E-state index < -0.39 is 0 Å². The van der Waals surface area contributed by atoms with E-state index in [9.17, 15) is 0 Å². The molecule has 16 heavy (non-hydrogen) atoms. The molecular weight excluding hydrogens is 652 g/mol. The zero-order valence-corrected chi connectivity index (χ0v) is 17.2. The molecule has 0 heterocycles. The fourth-order valence-corrected chi connectivity index (χ4v) is 5.32. The minimum Gasteiger partial charge on any atom is -0.0852 e. The van der Waals surface area contributed by atoms with Crippen LogP contribution in [0.3, 0.4) is 0 Å². The first-order chi connectivity index (χ1) is 7.65. The van der Waals surface area contributed by atoms with Gasteiger partial charge in [-0.1, -0.05) is 115 Å². The Morgan fingerprint density at radius 2 is 1.81 bits per heavy atom. The number of hydrogen-bond acceptors (Lipinski definition) is 0. The summed E-state index contributed by atoms with van der Waals surface area (Å²) >= 11 is 10.4. The van der Waals surface area contributed by atoms with Gasteiger partial charge in [-0.05, 0) is 23.5 Å². The molecule has 1 aromatic rings. The van der Waals surface area contributed by atoms with E-state index >= 15 is 0 Å². The van der Waals surface area contributed by atoms with Crippen LogP contribution < -0.4 is 0 Å².